The minimum absolute atomic E-state index is 0.0559. The maximum atomic E-state index is 11.9. The van der Waals surface area contributed by atoms with E-state index in [9.17, 15) is 4.79 Å². The molecule has 0 saturated heterocycles. The lowest BCUT2D eigenvalue weighted by Gasteiger charge is -2.03. The van der Waals surface area contributed by atoms with Crippen LogP contribution in [0.2, 0.25) is 0 Å². The Labute approximate surface area is 152 Å². The number of hydrogen-bond acceptors (Lipinski definition) is 3. The van der Waals surface area contributed by atoms with Gasteiger partial charge in [-0.15, -0.1) is 11.3 Å². The van der Waals surface area contributed by atoms with Crippen LogP contribution in [0, 0.1) is 0 Å². The van der Waals surface area contributed by atoms with Crippen LogP contribution in [0.1, 0.15) is 42.2 Å². The Balaban J connectivity index is 0.000000192. The van der Waals surface area contributed by atoms with Crippen molar-refractivity contribution in [3.8, 4) is 0 Å². The second-order valence-corrected chi connectivity index (χ2v) is 6.80. The zero-order chi connectivity index (χ0) is 17.3. The second-order valence-electron chi connectivity index (χ2n) is 5.85. The first kappa shape index (κ1) is 17.4. The van der Waals surface area contributed by atoms with Gasteiger partial charge < -0.3 is 5.32 Å². The molecule has 2 aliphatic rings. The van der Waals surface area contributed by atoms with E-state index in [1.807, 2.05) is 47.8 Å². The lowest BCUT2D eigenvalue weighted by molar-refractivity contribution is -0.120. The zero-order valence-electron chi connectivity index (χ0n) is 14.1. The zero-order valence-corrected chi connectivity index (χ0v) is 14.9. The number of allylic oxidation sites excluding steroid dienone is 4. The molecule has 0 radical (unpaired) electrons. The molecule has 1 unspecified atom stereocenters. The number of rotatable bonds is 2. The quantitative estimate of drug-likeness (QED) is 0.758. The first-order valence-electron chi connectivity index (χ1n) is 8.62. The molecule has 1 atom stereocenters. The lowest BCUT2D eigenvalue weighted by atomic mass is 10.1. The summed E-state index contributed by atoms with van der Waals surface area (Å²) in [6.45, 7) is 0. The molecule has 0 spiro atoms. The summed E-state index contributed by atoms with van der Waals surface area (Å²) in [6.07, 6.45) is 14.0. The third-order valence-electron chi connectivity index (χ3n) is 3.95. The fraction of sp³-hybridized carbons (Fsp3) is 0.238. The number of thiophene rings is 1. The Morgan fingerprint density at radius 3 is 2.08 bits per heavy atom. The highest BCUT2D eigenvalue weighted by Crippen LogP contribution is 2.23. The van der Waals surface area contributed by atoms with E-state index in [-0.39, 0.29) is 5.91 Å². The molecule has 1 aliphatic carbocycles. The Bertz CT molecular complexity index is 734. The highest BCUT2D eigenvalue weighted by Gasteiger charge is 2.28. The smallest absolute Gasteiger partial charge is 0.255 e. The first-order valence-corrected chi connectivity index (χ1v) is 9.50. The molecule has 0 saturated carbocycles. The second kappa shape index (κ2) is 9.14. The van der Waals surface area contributed by atoms with Gasteiger partial charge >= 0.3 is 0 Å². The highest BCUT2D eigenvalue weighted by atomic mass is 32.1. The van der Waals surface area contributed by atoms with Crippen molar-refractivity contribution in [1.29, 1.82) is 0 Å². The number of hydrogen-bond donors (Lipinski definition) is 1. The molecule has 2 aromatic rings. The number of amidine groups is 1. The summed E-state index contributed by atoms with van der Waals surface area (Å²) in [7, 11) is 0. The average Bonchev–Trinajstić information content (AvgIpc) is 3.25. The maximum absolute atomic E-state index is 11.9. The van der Waals surface area contributed by atoms with Gasteiger partial charge in [-0.05, 0) is 42.7 Å². The van der Waals surface area contributed by atoms with Crippen molar-refractivity contribution in [2.75, 3.05) is 0 Å². The van der Waals surface area contributed by atoms with Gasteiger partial charge in [-0.2, -0.15) is 0 Å². The molecule has 25 heavy (non-hydrogen) atoms. The van der Waals surface area contributed by atoms with Gasteiger partial charge in [0, 0.05) is 0 Å². The molecule has 1 aromatic heterocycles. The molecule has 1 amide bonds. The van der Waals surface area contributed by atoms with Crippen molar-refractivity contribution >= 4 is 23.1 Å². The average molecular weight is 350 g/mol. The first-order chi connectivity index (χ1) is 12.3. The molecule has 2 heterocycles. The van der Waals surface area contributed by atoms with Gasteiger partial charge in [0.05, 0.1) is 4.88 Å². The summed E-state index contributed by atoms with van der Waals surface area (Å²) in [4.78, 5) is 17.3. The molecule has 1 N–H and O–H groups in total. The molecule has 3 nitrogen and oxygen atoms in total. The predicted molar refractivity (Wildman–Crippen MR) is 105 cm³/mol. The van der Waals surface area contributed by atoms with E-state index in [0.717, 1.165) is 10.4 Å². The van der Waals surface area contributed by atoms with Crippen molar-refractivity contribution in [3.63, 3.8) is 0 Å². The maximum Gasteiger partial charge on any atom is 0.255 e. The lowest BCUT2D eigenvalue weighted by Crippen LogP contribution is -2.25. The number of carbonyl (C=O) groups excluding carboxylic acids is 1. The molecule has 4 heteroatoms. The SMILES string of the molecule is C1=C\CC/C=C\CC/1.O=C1NC(c2cccs2)=NC1c1ccccc1. The van der Waals surface area contributed by atoms with Gasteiger partial charge in [-0.25, -0.2) is 4.99 Å². The van der Waals surface area contributed by atoms with Crippen LogP contribution in [0.25, 0.3) is 0 Å². The number of nitrogens with one attached hydrogen (secondary N) is 1. The van der Waals surface area contributed by atoms with E-state index in [4.69, 9.17) is 0 Å². The summed E-state index contributed by atoms with van der Waals surface area (Å²) < 4.78 is 0. The topological polar surface area (TPSA) is 41.5 Å². The minimum Gasteiger partial charge on any atom is -0.308 e. The van der Waals surface area contributed by atoms with Crippen LogP contribution in [0.4, 0.5) is 0 Å². The van der Waals surface area contributed by atoms with Crippen molar-refractivity contribution in [1.82, 2.24) is 5.32 Å². The van der Waals surface area contributed by atoms with Crippen molar-refractivity contribution < 1.29 is 4.79 Å². The Kier molecular flexibility index (Phi) is 6.35. The molecule has 1 aliphatic heterocycles. The number of benzene rings is 1. The van der Waals surface area contributed by atoms with E-state index < -0.39 is 6.04 Å². The van der Waals surface area contributed by atoms with Crippen molar-refractivity contribution in [3.05, 3.63) is 82.6 Å². The van der Waals surface area contributed by atoms with E-state index in [1.54, 1.807) is 11.3 Å². The van der Waals surface area contributed by atoms with Gasteiger partial charge in [0.1, 0.15) is 5.84 Å². The Morgan fingerprint density at radius 1 is 0.880 bits per heavy atom. The summed E-state index contributed by atoms with van der Waals surface area (Å²) in [5, 5.41) is 4.80. The molecular formula is C21H22N2OS. The van der Waals surface area contributed by atoms with Gasteiger partial charge in [0.15, 0.2) is 6.04 Å². The number of amides is 1. The Morgan fingerprint density at radius 2 is 1.52 bits per heavy atom. The number of aliphatic imine (C=N–C) groups is 1. The van der Waals surface area contributed by atoms with Crippen LogP contribution in [0.3, 0.4) is 0 Å². The monoisotopic (exact) mass is 350 g/mol. The van der Waals surface area contributed by atoms with Crippen molar-refractivity contribution in [2.24, 2.45) is 4.99 Å². The van der Waals surface area contributed by atoms with Crippen LogP contribution in [-0.4, -0.2) is 11.7 Å². The van der Waals surface area contributed by atoms with E-state index >= 15 is 0 Å². The van der Waals surface area contributed by atoms with Crippen LogP contribution < -0.4 is 5.32 Å². The summed E-state index contributed by atoms with van der Waals surface area (Å²) in [5.74, 6) is 0.624. The molecule has 128 valence electrons. The van der Waals surface area contributed by atoms with Crippen LogP contribution in [-0.2, 0) is 4.79 Å². The van der Waals surface area contributed by atoms with Crippen LogP contribution in [0.5, 0.6) is 0 Å². The third kappa shape index (κ3) is 5.00. The van der Waals surface area contributed by atoms with Gasteiger partial charge in [-0.3, -0.25) is 4.79 Å². The summed E-state index contributed by atoms with van der Waals surface area (Å²) in [6, 6.07) is 13.1. The van der Waals surface area contributed by atoms with Gasteiger partial charge in [0.25, 0.3) is 5.91 Å². The third-order valence-corrected chi connectivity index (χ3v) is 4.83. The molecular weight excluding hydrogens is 328 g/mol. The number of carbonyl (C=O) groups is 1. The molecule has 4 rings (SSSR count). The number of nitrogens with zero attached hydrogens (tertiary/aromatic N) is 1. The summed E-state index contributed by atoms with van der Waals surface area (Å²) in [5.41, 5.74) is 0.927. The molecule has 1 aromatic carbocycles. The largest absolute Gasteiger partial charge is 0.308 e. The van der Waals surface area contributed by atoms with Crippen LogP contribution in [0.15, 0.2) is 77.1 Å². The van der Waals surface area contributed by atoms with Crippen LogP contribution >= 0.6 is 11.3 Å². The minimum atomic E-state index is -0.409. The fourth-order valence-corrected chi connectivity index (χ4v) is 3.34. The predicted octanol–water partition coefficient (Wildman–Crippen LogP) is 5.04. The molecule has 0 bridgehead atoms. The normalized spacial score (nSPS) is 21.8. The highest BCUT2D eigenvalue weighted by molar-refractivity contribution is 7.12. The van der Waals surface area contributed by atoms with Gasteiger partial charge in [-0.1, -0.05) is 60.7 Å². The Hall–Kier alpha value is -2.46. The molecule has 0 fully saturated rings. The standard InChI is InChI=1S/C13H10N2OS.C8H12/c16-13-11(9-5-2-1-3-6-9)14-12(15-13)10-7-4-8-17-10;1-2-4-6-8-7-5-3-1/h1-8,11H,(H,14,15,16);1-2,7-8H,3-6H2/b;2-1-,8-7-. The summed E-state index contributed by atoms with van der Waals surface area (Å²) >= 11 is 1.57. The fourth-order valence-electron chi connectivity index (χ4n) is 2.66. The van der Waals surface area contributed by atoms with Crippen molar-refractivity contribution in [2.45, 2.75) is 31.7 Å². The van der Waals surface area contributed by atoms with E-state index in [1.165, 1.54) is 25.7 Å². The van der Waals surface area contributed by atoms with E-state index in [0.29, 0.717) is 5.84 Å². The van der Waals surface area contributed by atoms with E-state index in [2.05, 4.69) is 34.6 Å². The van der Waals surface area contributed by atoms with Gasteiger partial charge in [0.2, 0.25) is 0 Å².